The molecule has 0 unspecified atom stereocenters. The van der Waals surface area contributed by atoms with Gasteiger partial charge in [0.2, 0.25) is 0 Å². The Morgan fingerprint density at radius 2 is 1.67 bits per heavy atom. The number of nitrogen functional groups attached to an aromatic ring is 1. The summed E-state index contributed by atoms with van der Waals surface area (Å²) >= 11 is 12.5. The van der Waals surface area contributed by atoms with Crippen molar-refractivity contribution in [1.82, 2.24) is 10.2 Å². The van der Waals surface area contributed by atoms with Crippen LogP contribution in [0.1, 0.15) is 26.5 Å². The van der Waals surface area contributed by atoms with Crippen LogP contribution >= 0.6 is 23.2 Å². The second-order valence-electron chi connectivity index (χ2n) is 5.21. The minimum atomic E-state index is -0.123. The Balaban J connectivity index is 2.76. The number of hydrogen-bond donors (Lipinski definition) is 2. The zero-order chi connectivity index (χ0) is 13.5. The van der Waals surface area contributed by atoms with E-state index in [1.165, 1.54) is 0 Å². The molecule has 5 heteroatoms. The Morgan fingerprint density at radius 3 is 2.17 bits per heavy atom. The summed E-state index contributed by atoms with van der Waals surface area (Å²) < 4.78 is 0. The van der Waals surface area contributed by atoms with Gasteiger partial charge in [0.1, 0.15) is 0 Å². The van der Waals surface area contributed by atoms with Crippen molar-refractivity contribution >= 4 is 29.0 Å². The van der Waals surface area contributed by atoms with Crippen molar-refractivity contribution in [2.24, 2.45) is 0 Å². The molecule has 0 atom stereocenters. The molecule has 3 N–H and O–H groups in total. The van der Waals surface area contributed by atoms with Gasteiger partial charge in [-0.25, -0.2) is 0 Å². The summed E-state index contributed by atoms with van der Waals surface area (Å²) in [7, 11) is 0. The van der Waals surface area contributed by atoms with E-state index in [0.29, 0.717) is 15.9 Å². The Hall–Kier alpha value is -1.19. The molecular formula is C13H15Cl2N3. The average Bonchev–Trinajstić information content (AvgIpc) is 2.60. The molecule has 0 fully saturated rings. The molecule has 18 heavy (non-hydrogen) atoms. The first-order chi connectivity index (χ1) is 8.32. The van der Waals surface area contributed by atoms with Crippen molar-refractivity contribution in [2.75, 3.05) is 5.73 Å². The third kappa shape index (κ3) is 2.20. The molecule has 0 saturated heterocycles. The fraction of sp³-hybridized carbons (Fsp3) is 0.308. The van der Waals surface area contributed by atoms with Crippen molar-refractivity contribution in [2.45, 2.75) is 26.2 Å². The zero-order valence-corrected chi connectivity index (χ0v) is 12.0. The molecule has 0 spiro atoms. The van der Waals surface area contributed by atoms with Crippen molar-refractivity contribution in [3.05, 3.63) is 33.9 Å². The van der Waals surface area contributed by atoms with Crippen LogP contribution in [0.3, 0.4) is 0 Å². The van der Waals surface area contributed by atoms with E-state index in [9.17, 15) is 0 Å². The van der Waals surface area contributed by atoms with E-state index in [1.807, 2.05) is 0 Å². The first-order valence-corrected chi connectivity index (χ1v) is 6.36. The number of H-pyrrole nitrogens is 1. The molecule has 0 bridgehead atoms. The van der Waals surface area contributed by atoms with Gasteiger partial charge in [0, 0.05) is 11.0 Å². The zero-order valence-electron chi connectivity index (χ0n) is 10.5. The summed E-state index contributed by atoms with van der Waals surface area (Å²) in [4.78, 5) is 0. The standard InChI is InChI=1S/C13H15Cl2N3/c1-13(2,3)11-10(12(16)18-17-11)9-7(14)5-4-6-8(9)15/h4-6H,1-3H3,(H3,16,17,18). The van der Waals surface area contributed by atoms with Crippen LogP contribution in [-0.4, -0.2) is 10.2 Å². The summed E-state index contributed by atoms with van der Waals surface area (Å²) in [5.74, 6) is 0.412. The molecule has 0 saturated carbocycles. The molecular weight excluding hydrogens is 269 g/mol. The van der Waals surface area contributed by atoms with Gasteiger partial charge in [0.15, 0.2) is 5.82 Å². The van der Waals surface area contributed by atoms with E-state index in [2.05, 4.69) is 31.0 Å². The molecule has 0 aliphatic rings. The molecule has 2 rings (SSSR count). The van der Waals surface area contributed by atoms with Gasteiger partial charge in [-0.15, -0.1) is 0 Å². The number of benzene rings is 1. The third-order valence-electron chi connectivity index (χ3n) is 2.76. The van der Waals surface area contributed by atoms with E-state index < -0.39 is 0 Å². The van der Waals surface area contributed by atoms with Crippen molar-refractivity contribution in [1.29, 1.82) is 0 Å². The van der Waals surface area contributed by atoms with E-state index in [0.717, 1.165) is 16.8 Å². The highest BCUT2D eigenvalue weighted by Gasteiger charge is 2.26. The van der Waals surface area contributed by atoms with Crippen LogP contribution in [0.2, 0.25) is 10.0 Å². The van der Waals surface area contributed by atoms with Gasteiger partial charge >= 0.3 is 0 Å². The van der Waals surface area contributed by atoms with Crippen LogP contribution in [0.4, 0.5) is 5.82 Å². The Morgan fingerprint density at radius 1 is 1.11 bits per heavy atom. The molecule has 2 aromatic rings. The number of nitrogens with zero attached hydrogens (tertiary/aromatic N) is 1. The minimum Gasteiger partial charge on any atom is -0.382 e. The predicted octanol–water partition coefficient (Wildman–Crippen LogP) is 4.26. The number of nitrogens with two attached hydrogens (primary N) is 1. The Kier molecular flexibility index (Phi) is 3.30. The van der Waals surface area contributed by atoms with Crippen LogP contribution in [0.15, 0.2) is 18.2 Å². The number of rotatable bonds is 1. The van der Waals surface area contributed by atoms with Gasteiger partial charge in [0.05, 0.1) is 21.3 Å². The monoisotopic (exact) mass is 283 g/mol. The number of hydrogen-bond acceptors (Lipinski definition) is 2. The van der Waals surface area contributed by atoms with Crippen molar-refractivity contribution < 1.29 is 0 Å². The lowest BCUT2D eigenvalue weighted by atomic mass is 9.87. The topological polar surface area (TPSA) is 54.7 Å². The lowest BCUT2D eigenvalue weighted by Crippen LogP contribution is -2.13. The molecule has 1 aromatic carbocycles. The number of halogens is 2. The summed E-state index contributed by atoms with van der Waals surface area (Å²) in [5, 5.41) is 8.19. The lowest BCUT2D eigenvalue weighted by molar-refractivity contribution is 0.568. The van der Waals surface area contributed by atoms with Crippen molar-refractivity contribution in [3.8, 4) is 11.1 Å². The first-order valence-electron chi connectivity index (χ1n) is 5.61. The maximum Gasteiger partial charge on any atom is 0.153 e. The maximum absolute atomic E-state index is 6.23. The lowest BCUT2D eigenvalue weighted by Gasteiger charge is -2.19. The van der Waals surface area contributed by atoms with Crippen LogP contribution in [0.5, 0.6) is 0 Å². The number of aromatic nitrogens is 2. The Labute approximate surface area is 116 Å². The molecule has 0 amide bonds. The summed E-state index contributed by atoms with van der Waals surface area (Å²) in [6, 6.07) is 5.39. The summed E-state index contributed by atoms with van der Waals surface area (Å²) in [6.45, 7) is 6.23. The number of nitrogens with one attached hydrogen (secondary N) is 1. The molecule has 3 nitrogen and oxygen atoms in total. The predicted molar refractivity (Wildman–Crippen MR) is 77.2 cm³/mol. The highest BCUT2D eigenvalue weighted by atomic mass is 35.5. The molecule has 0 radical (unpaired) electrons. The van der Waals surface area contributed by atoms with Crippen molar-refractivity contribution in [3.63, 3.8) is 0 Å². The van der Waals surface area contributed by atoms with Crippen LogP contribution in [-0.2, 0) is 5.41 Å². The van der Waals surface area contributed by atoms with Crippen LogP contribution < -0.4 is 5.73 Å². The van der Waals surface area contributed by atoms with Crippen LogP contribution in [0, 0.1) is 0 Å². The first kappa shape index (κ1) is 13.2. The second-order valence-corrected chi connectivity index (χ2v) is 6.02. The second kappa shape index (κ2) is 4.48. The van der Waals surface area contributed by atoms with Gasteiger partial charge in [-0.1, -0.05) is 50.0 Å². The molecule has 0 aliphatic heterocycles. The maximum atomic E-state index is 6.23. The van der Waals surface area contributed by atoms with Gasteiger partial charge < -0.3 is 5.73 Å². The van der Waals surface area contributed by atoms with Gasteiger partial charge in [-0.05, 0) is 12.1 Å². The van der Waals surface area contributed by atoms with Gasteiger partial charge in [-0.2, -0.15) is 5.10 Å². The summed E-state index contributed by atoms with van der Waals surface area (Å²) in [5.41, 5.74) is 8.27. The highest BCUT2D eigenvalue weighted by Crippen LogP contribution is 2.42. The quantitative estimate of drug-likeness (QED) is 0.821. The molecule has 96 valence electrons. The molecule has 1 aromatic heterocycles. The van der Waals surface area contributed by atoms with E-state index >= 15 is 0 Å². The van der Waals surface area contributed by atoms with Gasteiger partial charge in [-0.3, -0.25) is 5.10 Å². The minimum absolute atomic E-state index is 0.123. The van der Waals surface area contributed by atoms with E-state index in [4.69, 9.17) is 28.9 Å². The SMILES string of the molecule is CC(C)(C)c1[nH]nc(N)c1-c1c(Cl)cccc1Cl. The normalized spacial score (nSPS) is 11.8. The fourth-order valence-corrected chi connectivity index (χ4v) is 2.47. The molecule has 1 heterocycles. The number of aromatic amines is 1. The summed E-state index contributed by atoms with van der Waals surface area (Å²) in [6.07, 6.45) is 0. The Bertz CT molecular complexity index is 562. The van der Waals surface area contributed by atoms with Gasteiger partial charge in [0.25, 0.3) is 0 Å². The van der Waals surface area contributed by atoms with E-state index in [1.54, 1.807) is 18.2 Å². The largest absolute Gasteiger partial charge is 0.382 e. The highest BCUT2D eigenvalue weighted by molar-refractivity contribution is 6.39. The number of anilines is 1. The van der Waals surface area contributed by atoms with E-state index in [-0.39, 0.29) is 5.41 Å². The van der Waals surface area contributed by atoms with Crippen LogP contribution in [0.25, 0.3) is 11.1 Å². The fourth-order valence-electron chi connectivity index (χ4n) is 1.89. The smallest absolute Gasteiger partial charge is 0.153 e. The third-order valence-corrected chi connectivity index (χ3v) is 3.39. The average molecular weight is 284 g/mol. The molecule has 0 aliphatic carbocycles.